The molecule has 0 heterocycles. The molecule has 0 aromatic heterocycles. The molecule has 1 aliphatic rings. The fourth-order valence-corrected chi connectivity index (χ4v) is 2.33. The van der Waals surface area contributed by atoms with Crippen molar-refractivity contribution in [2.75, 3.05) is 32.3 Å². The van der Waals surface area contributed by atoms with Crippen LogP contribution in [0, 0.1) is 5.92 Å². The van der Waals surface area contributed by atoms with Crippen molar-refractivity contribution in [1.29, 1.82) is 0 Å². The first-order chi connectivity index (χ1) is 7.03. The zero-order chi connectivity index (χ0) is 11.3. The summed E-state index contributed by atoms with van der Waals surface area (Å²) in [4.78, 5) is 0. The highest BCUT2D eigenvalue weighted by atomic mass is 32.2. The SMILES string of the molecule is COCC(NCCCS(C)(=O)=O)C1CC1. The predicted octanol–water partition coefficient (Wildman–Crippen LogP) is 0.436. The van der Waals surface area contributed by atoms with Gasteiger partial charge in [0.2, 0.25) is 0 Å². The van der Waals surface area contributed by atoms with Gasteiger partial charge in [0, 0.05) is 19.4 Å². The molecule has 0 bridgehead atoms. The van der Waals surface area contributed by atoms with Gasteiger partial charge in [0.05, 0.1) is 12.4 Å². The Morgan fingerprint density at radius 3 is 2.60 bits per heavy atom. The van der Waals surface area contributed by atoms with Gasteiger partial charge in [-0.2, -0.15) is 0 Å². The molecule has 1 N–H and O–H groups in total. The predicted molar refractivity (Wildman–Crippen MR) is 60.7 cm³/mol. The van der Waals surface area contributed by atoms with Crippen LogP contribution in [0.2, 0.25) is 0 Å². The van der Waals surface area contributed by atoms with Crippen molar-refractivity contribution in [3.05, 3.63) is 0 Å². The Hall–Kier alpha value is -0.130. The van der Waals surface area contributed by atoms with Crippen LogP contribution in [0.5, 0.6) is 0 Å². The first kappa shape index (κ1) is 12.9. The van der Waals surface area contributed by atoms with E-state index in [1.165, 1.54) is 19.1 Å². The van der Waals surface area contributed by atoms with Crippen molar-refractivity contribution in [3.8, 4) is 0 Å². The smallest absolute Gasteiger partial charge is 0.147 e. The third-order valence-corrected chi connectivity index (χ3v) is 3.67. The van der Waals surface area contributed by atoms with Crippen LogP contribution in [0.4, 0.5) is 0 Å². The van der Waals surface area contributed by atoms with E-state index < -0.39 is 9.84 Å². The van der Waals surface area contributed by atoms with Crippen LogP contribution in [0.15, 0.2) is 0 Å². The summed E-state index contributed by atoms with van der Waals surface area (Å²) in [6.07, 6.45) is 4.51. The Bertz CT molecular complexity index is 272. The number of hydrogen-bond donors (Lipinski definition) is 1. The van der Waals surface area contributed by atoms with Gasteiger partial charge in [-0.3, -0.25) is 0 Å². The van der Waals surface area contributed by atoms with Crippen LogP contribution in [0.25, 0.3) is 0 Å². The summed E-state index contributed by atoms with van der Waals surface area (Å²) in [5, 5.41) is 3.37. The molecule has 1 rings (SSSR count). The Labute approximate surface area is 92.3 Å². The van der Waals surface area contributed by atoms with E-state index in [1.807, 2.05) is 0 Å². The maximum absolute atomic E-state index is 10.9. The monoisotopic (exact) mass is 235 g/mol. The molecular weight excluding hydrogens is 214 g/mol. The minimum absolute atomic E-state index is 0.268. The number of nitrogens with one attached hydrogen (secondary N) is 1. The molecule has 0 aromatic rings. The average molecular weight is 235 g/mol. The lowest BCUT2D eigenvalue weighted by atomic mass is 10.2. The maximum Gasteiger partial charge on any atom is 0.147 e. The Morgan fingerprint density at radius 2 is 2.13 bits per heavy atom. The van der Waals surface area contributed by atoms with Crippen molar-refractivity contribution < 1.29 is 13.2 Å². The highest BCUT2D eigenvalue weighted by molar-refractivity contribution is 7.90. The van der Waals surface area contributed by atoms with Gasteiger partial charge in [-0.25, -0.2) is 8.42 Å². The number of methoxy groups -OCH3 is 1. The summed E-state index contributed by atoms with van der Waals surface area (Å²) in [5.41, 5.74) is 0. The molecule has 4 nitrogen and oxygen atoms in total. The highest BCUT2D eigenvalue weighted by Crippen LogP contribution is 2.32. The molecule has 90 valence electrons. The van der Waals surface area contributed by atoms with Gasteiger partial charge in [0.15, 0.2) is 0 Å². The third kappa shape index (κ3) is 6.12. The summed E-state index contributed by atoms with van der Waals surface area (Å²) in [5.74, 6) is 1.01. The zero-order valence-corrected chi connectivity index (χ0v) is 10.3. The van der Waals surface area contributed by atoms with Crippen LogP contribution in [-0.4, -0.2) is 46.7 Å². The Kier molecular flexibility index (Phi) is 5.02. The quantitative estimate of drug-likeness (QED) is 0.620. The average Bonchev–Trinajstić information content (AvgIpc) is 2.91. The second-order valence-electron chi connectivity index (χ2n) is 4.34. The molecule has 5 heteroatoms. The van der Waals surface area contributed by atoms with Crippen LogP contribution in [-0.2, 0) is 14.6 Å². The van der Waals surface area contributed by atoms with E-state index in [9.17, 15) is 8.42 Å². The molecule has 0 aromatic carbocycles. The van der Waals surface area contributed by atoms with Crippen molar-refractivity contribution in [1.82, 2.24) is 5.32 Å². The molecule has 15 heavy (non-hydrogen) atoms. The van der Waals surface area contributed by atoms with Crippen molar-refractivity contribution >= 4 is 9.84 Å². The van der Waals surface area contributed by atoms with E-state index in [0.717, 1.165) is 19.1 Å². The minimum Gasteiger partial charge on any atom is -0.383 e. The van der Waals surface area contributed by atoms with E-state index in [2.05, 4.69) is 5.32 Å². The van der Waals surface area contributed by atoms with Gasteiger partial charge >= 0.3 is 0 Å². The van der Waals surface area contributed by atoms with E-state index in [1.54, 1.807) is 7.11 Å². The first-order valence-corrected chi connectivity index (χ1v) is 7.49. The summed E-state index contributed by atoms with van der Waals surface area (Å²) in [7, 11) is -1.11. The molecule has 1 aliphatic carbocycles. The first-order valence-electron chi connectivity index (χ1n) is 5.43. The molecule has 1 unspecified atom stereocenters. The molecular formula is C10H21NO3S. The van der Waals surface area contributed by atoms with E-state index in [0.29, 0.717) is 12.5 Å². The van der Waals surface area contributed by atoms with Gasteiger partial charge in [0.1, 0.15) is 9.84 Å². The second kappa shape index (κ2) is 5.82. The molecule has 0 radical (unpaired) electrons. The van der Waals surface area contributed by atoms with E-state index >= 15 is 0 Å². The van der Waals surface area contributed by atoms with E-state index in [-0.39, 0.29) is 5.75 Å². The van der Waals surface area contributed by atoms with Crippen molar-refractivity contribution in [2.24, 2.45) is 5.92 Å². The van der Waals surface area contributed by atoms with Crippen molar-refractivity contribution in [2.45, 2.75) is 25.3 Å². The van der Waals surface area contributed by atoms with Gasteiger partial charge < -0.3 is 10.1 Å². The van der Waals surface area contributed by atoms with Gasteiger partial charge in [-0.1, -0.05) is 0 Å². The topological polar surface area (TPSA) is 55.4 Å². The standard InChI is InChI=1S/C10H21NO3S/c1-14-8-10(9-4-5-9)11-6-3-7-15(2,12)13/h9-11H,3-8H2,1-2H3. The second-order valence-corrected chi connectivity index (χ2v) is 6.60. The number of sulfone groups is 1. The molecule has 1 atom stereocenters. The Morgan fingerprint density at radius 1 is 1.47 bits per heavy atom. The molecule has 1 fully saturated rings. The molecule has 0 spiro atoms. The maximum atomic E-state index is 10.9. The van der Waals surface area contributed by atoms with Gasteiger partial charge in [-0.15, -0.1) is 0 Å². The normalized spacial score (nSPS) is 19.1. The van der Waals surface area contributed by atoms with Gasteiger partial charge in [0.25, 0.3) is 0 Å². The van der Waals surface area contributed by atoms with Crippen LogP contribution < -0.4 is 5.32 Å². The Balaban J connectivity index is 2.11. The number of hydrogen-bond acceptors (Lipinski definition) is 4. The molecule has 0 amide bonds. The summed E-state index contributed by atoms with van der Waals surface area (Å²) < 4.78 is 26.9. The molecule has 0 saturated heterocycles. The van der Waals surface area contributed by atoms with Crippen LogP contribution >= 0.6 is 0 Å². The molecule has 0 aliphatic heterocycles. The molecule has 1 saturated carbocycles. The minimum atomic E-state index is -2.81. The fraction of sp³-hybridized carbons (Fsp3) is 1.00. The summed E-state index contributed by atoms with van der Waals surface area (Å²) in [6.45, 7) is 1.49. The van der Waals surface area contributed by atoms with Crippen molar-refractivity contribution in [3.63, 3.8) is 0 Å². The van der Waals surface area contributed by atoms with Crippen LogP contribution in [0.3, 0.4) is 0 Å². The lowest BCUT2D eigenvalue weighted by molar-refractivity contribution is 0.158. The van der Waals surface area contributed by atoms with E-state index in [4.69, 9.17) is 4.74 Å². The summed E-state index contributed by atoms with van der Waals surface area (Å²) in [6, 6.07) is 0.412. The lowest BCUT2D eigenvalue weighted by Gasteiger charge is -2.16. The number of ether oxygens (including phenoxy) is 1. The lowest BCUT2D eigenvalue weighted by Crippen LogP contribution is -2.36. The third-order valence-electron chi connectivity index (χ3n) is 2.64. The fourth-order valence-electron chi connectivity index (χ4n) is 1.66. The largest absolute Gasteiger partial charge is 0.383 e. The summed E-state index contributed by atoms with van der Waals surface area (Å²) >= 11 is 0. The van der Waals surface area contributed by atoms with Crippen LogP contribution in [0.1, 0.15) is 19.3 Å². The van der Waals surface area contributed by atoms with Gasteiger partial charge in [-0.05, 0) is 31.7 Å². The number of rotatable bonds is 8. The zero-order valence-electron chi connectivity index (χ0n) is 9.53. The highest BCUT2D eigenvalue weighted by Gasteiger charge is 2.30.